The molecule has 0 aliphatic heterocycles. The van der Waals surface area contributed by atoms with E-state index in [9.17, 15) is 17.6 Å². The van der Waals surface area contributed by atoms with Crippen molar-refractivity contribution in [2.45, 2.75) is 6.18 Å². The van der Waals surface area contributed by atoms with Crippen LogP contribution in [0, 0.1) is 12.0 Å². The van der Waals surface area contributed by atoms with E-state index in [0.29, 0.717) is 0 Å². The van der Waals surface area contributed by atoms with Crippen molar-refractivity contribution in [2.75, 3.05) is 0 Å². The van der Waals surface area contributed by atoms with Crippen LogP contribution in [0.3, 0.4) is 0 Å². The van der Waals surface area contributed by atoms with Crippen molar-refractivity contribution in [1.82, 2.24) is 4.98 Å². The van der Waals surface area contributed by atoms with Crippen LogP contribution in [-0.4, -0.2) is 4.98 Å². The van der Waals surface area contributed by atoms with Crippen LogP contribution in [0.2, 0.25) is 0 Å². The van der Waals surface area contributed by atoms with Crippen LogP contribution in [0.5, 0.6) is 0 Å². The van der Waals surface area contributed by atoms with E-state index in [2.05, 4.69) is 11.2 Å². The maximum Gasteiger partial charge on any atom is 0.419 e. The Labute approximate surface area is 82.4 Å². The summed E-state index contributed by atoms with van der Waals surface area (Å²) in [6.07, 6.45) is -2.26. The second-order valence-corrected chi connectivity index (χ2v) is 2.96. The molecule has 2 aromatic rings. The quantitative estimate of drug-likeness (QED) is 0.613. The molecule has 0 atom stereocenters. The Kier molecular flexibility index (Phi) is 2.10. The summed E-state index contributed by atoms with van der Waals surface area (Å²) in [4.78, 5) is 3.63. The Morgan fingerprint density at radius 3 is 2.60 bits per heavy atom. The first-order chi connectivity index (χ1) is 6.98. The molecular weight excluding hydrogens is 210 g/mol. The molecule has 1 aromatic carbocycles. The lowest BCUT2D eigenvalue weighted by Gasteiger charge is -2.08. The molecule has 1 heterocycles. The molecule has 1 nitrogen and oxygen atoms in total. The van der Waals surface area contributed by atoms with Gasteiger partial charge in [0.1, 0.15) is 5.82 Å². The summed E-state index contributed by atoms with van der Waals surface area (Å²) in [7, 11) is 0. The van der Waals surface area contributed by atoms with Crippen molar-refractivity contribution in [3.63, 3.8) is 0 Å². The van der Waals surface area contributed by atoms with Gasteiger partial charge in [0.2, 0.25) is 0 Å². The van der Waals surface area contributed by atoms with Crippen LogP contribution < -0.4 is 0 Å². The third kappa shape index (κ3) is 1.77. The number of nitrogens with zero attached hydrogens (tertiary/aromatic N) is 1. The zero-order valence-corrected chi connectivity index (χ0v) is 7.27. The van der Waals surface area contributed by atoms with E-state index in [1.165, 1.54) is 12.1 Å². The van der Waals surface area contributed by atoms with Gasteiger partial charge in [-0.3, -0.25) is 0 Å². The Morgan fingerprint density at radius 2 is 1.93 bits per heavy atom. The molecule has 5 heteroatoms. The summed E-state index contributed by atoms with van der Waals surface area (Å²) in [6.45, 7) is 0. The van der Waals surface area contributed by atoms with Crippen LogP contribution in [0.1, 0.15) is 5.56 Å². The van der Waals surface area contributed by atoms with E-state index in [1.54, 1.807) is 0 Å². The van der Waals surface area contributed by atoms with Gasteiger partial charge in [0.05, 0.1) is 17.3 Å². The minimum Gasteiger partial charge on any atom is -0.246 e. The van der Waals surface area contributed by atoms with E-state index >= 15 is 0 Å². The van der Waals surface area contributed by atoms with Gasteiger partial charge in [-0.25, -0.2) is 9.37 Å². The molecule has 0 saturated heterocycles. The third-order valence-corrected chi connectivity index (χ3v) is 1.94. The first-order valence-electron chi connectivity index (χ1n) is 4.02. The topological polar surface area (TPSA) is 12.9 Å². The van der Waals surface area contributed by atoms with E-state index in [0.717, 1.165) is 12.1 Å². The molecule has 0 N–H and O–H groups in total. The maximum absolute atomic E-state index is 13.0. The van der Waals surface area contributed by atoms with Crippen LogP contribution in [0.15, 0.2) is 24.3 Å². The van der Waals surface area contributed by atoms with E-state index in [1.807, 2.05) is 0 Å². The Morgan fingerprint density at radius 1 is 1.20 bits per heavy atom. The molecule has 0 aliphatic carbocycles. The van der Waals surface area contributed by atoms with Crippen molar-refractivity contribution in [1.29, 1.82) is 0 Å². The smallest absolute Gasteiger partial charge is 0.246 e. The largest absolute Gasteiger partial charge is 0.419 e. The van der Waals surface area contributed by atoms with Gasteiger partial charge in [0, 0.05) is 11.5 Å². The van der Waals surface area contributed by atoms with Gasteiger partial charge in [0.15, 0.2) is 0 Å². The van der Waals surface area contributed by atoms with Crippen LogP contribution in [-0.2, 0) is 6.18 Å². The Hall–Kier alpha value is -1.65. The van der Waals surface area contributed by atoms with Gasteiger partial charge in [0.25, 0.3) is 0 Å². The average Bonchev–Trinajstić information content (AvgIpc) is 2.15. The second-order valence-electron chi connectivity index (χ2n) is 2.96. The zero-order valence-electron chi connectivity index (χ0n) is 7.27. The number of alkyl halides is 3. The number of rotatable bonds is 0. The number of hydrogen-bond donors (Lipinski definition) is 0. The lowest BCUT2D eigenvalue weighted by atomic mass is 10.1. The number of halogens is 4. The van der Waals surface area contributed by atoms with E-state index in [-0.39, 0.29) is 10.9 Å². The number of pyridine rings is 1. The molecule has 0 fully saturated rings. The monoisotopic (exact) mass is 214 g/mol. The highest BCUT2D eigenvalue weighted by atomic mass is 19.4. The fourth-order valence-electron chi connectivity index (χ4n) is 1.26. The SMILES string of the molecule is Fc1cc2n[c]ccc2cc1C(F)(F)F. The van der Waals surface area contributed by atoms with Crippen molar-refractivity contribution < 1.29 is 17.6 Å². The Balaban J connectivity index is 2.73. The van der Waals surface area contributed by atoms with Crippen molar-refractivity contribution in [3.8, 4) is 0 Å². The zero-order chi connectivity index (χ0) is 11.1. The minimum atomic E-state index is -4.68. The molecule has 0 aliphatic rings. The summed E-state index contributed by atoms with van der Waals surface area (Å²) < 4.78 is 50.0. The van der Waals surface area contributed by atoms with Crippen LogP contribution in [0.4, 0.5) is 17.6 Å². The lowest BCUT2D eigenvalue weighted by Crippen LogP contribution is -2.08. The predicted molar refractivity (Wildman–Crippen MR) is 45.5 cm³/mol. The average molecular weight is 214 g/mol. The summed E-state index contributed by atoms with van der Waals surface area (Å²) in [5.74, 6) is -1.32. The number of fused-ring (bicyclic) bond motifs is 1. The predicted octanol–water partition coefficient (Wildman–Crippen LogP) is 3.19. The van der Waals surface area contributed by atoms with Crippen molar-refractivity contribution >= 4 is 10.9 Å². The van der Waals surface area contributed by atoms with Gasteiger partial charge < -0.3 is 0 Å². The van der Waals surface area contributed by atoms with Gasteiger partial charge in [-0.1, -0.05) is 6.07 Å². The molecule has 1 aromatic heterocycles. The third-order valence-electron chi connectivity index (χ3n) is 1.94. The number of hydrogen-bond acceptors (Lipinski definition) is 1. The molecule has 0 amide bonds. The fourth-order valence-corrected chi connectivity index (χ4v) is 1.26. The standard InChI is InChI=1S/C10H4F4N/c11-8-5-9-6(2-1-3-15-9)4-7(8)10(12,13)14/h1-2,4-5H. The van der Waals surface area contributed by atoms with Crippen molar-refractivity contribution in [2.24, 2.45) is 0 Å². The maximum atomic E-state index is 13.0. The normalized spacial score (nSPS) is 12.0. The van der Waals surface area contributed by atoms with Gasteiger partial charge in [-0.05, 0) is 12.1 Å². The van der Waals surface area contributed by atoms with Gasteiger partial charge in [-0.2, -0.15) is 13.2 Å². The molecule has 15 heavy (non-hydrogen) atoms. The van der Waals surface area contributed by atoms with Gasteiger partial charge >= 0.3 is 6.18 Å². The molecule has 77 valence electrons. The molecule has 0 bridgehead atoms. The van der Waals surface area contributed by atoms with Crippen LogP contribution in [0.25, 0.3) is 10.9 Å². The summed E-state index contributed by atoms with van der Waals surface area (Å²) in [5.41, 5.74) is -1.12. The first kappa shape index (κ1) is 9.89. The molecule has 2 rings (SSSR count). The molecule has 0 saturated carbocycles. The van der Waals surface area contributed by atoms with Crippen molar-refractivity contribution in [3.05, 3.63) is 41.8 Å². The molecule has 0 spiro atoms. The molecular formula is C10H4F4N. The lowest BCUT2D eigenvalue weighted by molar-refractivity contribution is -0.139. The summed E-state index contributed by atoms with van der Waals surface area (Å²) in [5, 5.41) is 0.238. The molecule has 0 unspecified atom stereocenters. The highest BCUT2D eigenvalue weighted by Gasteiger charge is 2.34. The minimum absolute atomic E-state index is 0.156. The summed E-state index contributed by atoms with van der Waals surface area (Å²) in [6, 6.07) is 4.28. The number of aromatic nitrogens is 1. The molecule has 1 radical (unpaired) electrons. The highest BCUT2D eigenvalue weighted by Crippen LogP contribution is 2.33. The highest BCUT2D eigenvalue weighted by molar-refractivity contribution is 5.79. The van der Waals surface area contributed by atoms with Crippen LogP contribution >= 0.6 is 0 Å². The Bertz CT molecular complexity index is 504. The number of benzene rings is 1. The van der Waals surface area contributed by atoms with E-state index in [4.69, 9.17) is 0 Å². The first-order valence-corrected chi connectivity index (χ1v) is 4.02. The van der Waals surface area contributed by atoms with E-state index < -0.39 is 17.6 Å². The van der Waals surface area contributed by atoms with Gasteiger partial charge in [-0.15, -0.1) is 0 Å². The fraction of sp³-hybridized carbons (Fsp3) is 0.100. The second kappa shape index (κ2) is 3.18. The summed E-state index contributed by atoms with van der Waals surface area (Å²) >= 11 is 0.